The van der Waals surface area contributed by atoms with Crippen molar-refractivity contribution in [1.29, 1.82) is 0 Å². The molecule has 0 heterocycles. The summed E-state index contributed by atoms with van der Waals surface area (Å²) in [4.78, 5) is 25.0. The third-order valence-corrected chi connectivity index (χ3v) is 5.75. The third kappa shape index (κ3) is 5.27. The Morgan fingerprint density at radius 1 is 1.15 bits per heavy atom. The van der Waals surface area contributed by atoms with Crippen LogP contribution in [0.3, 0.4) is 0 Å². The van der Waals surface area contributed by atoms with Gasteiger partial charge in [-0.25, -0.2) is 0 Å². The Labute approximate surface area is 168 Å². The van der Waals surface area contributed by atoms with Gasteiger partial charge in [0.15, 0.2) is 6.61 Å². The Kier molecular flexibility index (Phi) is 6.45. The van der Waals surface area contributed by atoms with Gasteiger partial charge in [-0.2, -0.15) is 0 Å². The number of halogens is 1. The van der Waals surface area contributed by atoms with Crippen LogP contribution in [0.15, 0.2) is 35.2 Å². The molecule has 6 heteroatoms. The van der Waals surface area contributed by atoms with Gasteiger partial charge in [-0.05, 0) is 73.6 Å². The molecule has 0 bridgehead atoms. The minimum atomic E-state index is -0.414. The van der Waals surface area contributed by atoms with Gasteiger partial charge < -0.3 is 10.1 Å². The first-order chi connectivity index (χ1) is 12.9. The number of carbonyl (C=O) groups excluding carboxylic acids is 2. The molecule has 0 fully saturated rings. The van der Waals surface area contributed by atoms with Crippen molar-refractivity contribution in [3.63, 3.8) is 0 Å². The van der Waals surface area contributed by atoms with E-state index in [1.165, 1.54) is 29.3 Å². The van der Waals surface area contributed by atoms with Crippen LogP contribution in [0.5, 0.6) is 0 Å². The topological polar surface area (TPSA) is 55.4 Å². The summed E-state index contributed by atoms with van der Waals surface area (Å²) < 4.78 is 5.08. The predicted molar refractivity (Wildman–Crippen MR) is 110 cm³/mol. The molecule has 1 aliphatic rings. The molecule has 0 aliphatic heterocycles. The quantitative estimate of drug-likeness (QED) is 0.560. The lowest BCUT2D eigenvalue weighted by Crippen LogP contribution is -2.22. The molecule has 0 aromatic heterocycles. The number of nitrogens with one attached hydrogen (secondary N) is 1. The van der Waals surface area contributed by atoms with Crippen LogP contribution in [0.2, 0.25) is 5.02 Å². The minimum Gasteiger partial charge on any atom is -0.455 e. The number of hydrogen-bond donors (Lipinski definition) is 1. The molecule has 27 heavy (non-hydrogen) atoms. The number of hydrogen-bond acceptors (Lipinski definition) is 4. The molecular formula is C21H22ClNO3S. The van der Waals surface area contributed by atoms with E-state index in [1.54, 1.807) is 6.07 Å². The first-order valence-corrected chi connectivity index (χ1v) is 10.3. The van der Waals surface area contributed by atoms with E-state index in [0.29, 0.717) is 10.7 Å². The van der Waals surface area contributed by atoms with Crippen LogP contribution >= 0.6 is 23.4 Å². The molecular weight excluding hydrogens is 382 g/mol. The number of amides is 1. The lowest BCUT2D eigenvalue weighted by atomic mass is 10.1. The van der Waals surface area contributed by atoms with Crippen molar-refractivity contribution in [2.24, 2.45) is 0 Å². The molecule has 0 saturated carbocycles. The van der Waals surface area contributed by atoms with Gasteiger partial charge >= 0.3 is 5.97 Å². The van der Waals surface area contributed by atoms with E-state index in [-0.39, 0.29) is 12.4 Å². The largest absolute Gasteiger partial charge is 0.455 e. The second kappa shape index (κ2) is 8.81. The zero-order chi connectivity index (χ0) is 19.4. The van der Waals surface area contributed by atoms with Crippen LogP contribution in [0.4, 0.5) is 5.69 Å². The summed E-state index contributed by atoms with van der Waals surface area (Å²) in [6.07, 6.45) is 3.45. The summed E-state index contributed by atoms with van der Waals surface area (Å²) in [5.41, 5.74) is 5.22. The number of carbonyl (C=O) groups is 2. The highest BCUT2D eigenvalue weighted by Crippen LogP contribution is 2.28. The normalized spacial score (nSPS) is 12.6. The van der Waals surface area contributed by atoms with E-state index in [1.807, 2.05) is 26.0 Å². The fourth-order valence-electron chi connectivity index (χ4n) is 3.22. The van der Waals surface area contributed by atoms with Gasteiger partial charge in [0.2, 0.25) is 0 Å². The highest BCUT2D eigenvalue weighted by Gasteiger charge is 2.14. The fraction of sp³-hybridized carbons (Fsp3) is 0.333. The maximum Gasteiger partial charge on any atom is 0.316 e. The molecule has 1 N–H and O–H groups in total. The van der Waals surface area contributed by atoms with Gasteiger partial charge in [0.25, 0.3) is 5.91 Å². The van der Waals surface area contributed by atoms with Crippen molar-refractivity contribution in [3.05, 3.63) is 57.6 Å². The standard InChI is InChI=1S/C21H22ClNO3S/c1-13-8-14(2)21(18(22)9-13)23-19(24)11-26-20(25)12-27-17-7-6-15-4-3-5-16(15)10-17/h6-10H,3-5,11-12H2,1-2H3,(H,23,24). The Morgan fingerprint density at radius 3 is 2.70 bits per heavy atom. The minimum absolute atomic E-state index is 0.177. The maximum atomic E-state index is 12.1. The Bertz CT molecular complexity index is 859. The molecule has 0 saturated heterocycles. The monoisotopic (exact) mass is 403 g/mol. The lowest BCUT2D eigenvalue weighted by molar-refractivity contribution is -0.144. The Balaban J connectivity index is 1.46. The van der Waals surface area contributed by atoms with Crippen molar-refractivity contribution in [2.75, 3.05) is 17.7 Å². The van der Waals surface area contributed by atoms with Crippen LogP contribution in [0.25, 0.3) is 0 Å². The maximum absolute atomic E-state index is 12.1. The van der Waals surface area contributed by atoms with Crippen LogP contribution in [0, 0.1) is 13.8 Å². The highest BCUT2D eigenvalue weighted by atomic mass is 35.5. The van der Waals surface area contributed by atoms with Crippen LogP contribution in [-0.4, -0.2) is 24.2 Å². The SMILES string of the molecule is Cc1cc(C)c(NC(=O)COC(=O)CSc2ccc3c(c2)CCC3)c(Cl)c1. The first-order valence-electron chi connectivity index (χ1n) is 8.89. The van der Waals surface area contributed by atoms with Gasteiger partial charge in [0, 0.05) is 4.90 Å². The van der Waals surface area contributed by atoms with Crippen molar-refractivity contribution in [1.82, 2.24) is 0 Å². The summed E-state index contributed by atoms with van der Waals surface area (Å²) in [6, 6.07) is 10.0. The average Bonchev–Trinajstić information content (AvgIpc) is 3.09. The zero-order valence-corrected chi connectivity index (χ0v) is 17.0. The van der Waals surface area contributed by atoms with E-state index in [4.69, 9.17) is 16.3 Å². The van der Waals surface area contributed by atoms with Crippen molar-refractivity contribution < 1.29 is 14.3 Å². The highest BCUT2D eigenvalue weighted by molar-refractivity contribution is 8.00. The van der Waals surface area contributed by atoms with Crippen molar-refractivity contribution in [2.45, 2.75) is 38.0 Å². The van der Waals surface area contributed by atoms with Gasteiger partial charge in [0.1, 0.15) is 0 Å². The van der Waals surface area contributed by atoms with Gasteiger partial charge in [0.05, 0.1) is 16.5 Å². The molecule has 0 atom stereocenters. The average molecular weight is 404 g/mol. The van der Waals surface area contributed by atoms with Crippen LogP contribution < -0.4 is 5.32 Å². The lowest BCUT2D eigenvalue weighted by Gasteiger charge is -2.12. The third-order valence-electron chi connectivity index (χ3n) is 4.49. The molecule has 0 spiro atoms. The molecule has 1 amide bonds. The van der Waals surface area contributed by atoms with Crippen molar-refractivity contribution >= 4 is 40.9 Å². The number of fused-ring (bicyclic) bond motifs is 1. The Morgan fingerprint density at radius 2 is 1.93 bits per heavy atom. The molecule has 3 rings (SSSR count). The van der Waals surface area contributed by atoms with E-state index in [0.717, 1.165) is 28.9 Å². The number of aryl methyl sites for hydroxylation is 4. The van der Waals surface area contributed by atoms with Crippen molar-refractivity contribution in [3.8, 4) is 0 Å². The molecule has 142 valence electrons. The van der Waals surface area contributed by atoms with Gasteiger partial charge in [-0.15, -0.1) is 11.8 Å². The fourth-order valence-corrected chi connectivity index (χ4v) is 4.34. The smallest absolute Gasteiger partial charge is 0.316 e. The summed E-state index contributed by atoms with van der Waals surface area (Å²) in [6.45, 7) is 3.48. The predicted octanol–water partition coefficient (Wildman–Crippen LogP) is 4.72. The van der Waals surface area contributed by atoms with E-state index in [9.17, 15) is 9.59 Å². The molecule has 2 aromatic rings. The molecule has 0 radical (unpaired) electrons. The summed E-state index contributed by atoms with van der Waals surface area (Å²) in [5, 5.41) is 3.18. The summed E-state index contributed by atoms with van der Waals surface area (Å²) >= 11 is 7.60. The van der Waals surface area contributed by atoms with E-state index < -0.39 is 11.9 Å². The molecule has 4 nitrogen and oxygen atoms in total. The van der Waals surface area contributed by atoms with E-state index in [2.05, 4.69) is 17.4 Å². The number of thioether (sulfide) groups is 1. The first kappa shape index (κ1) is 19.8. The van der Waals surface area contributed by atoms with Crippen LogP contribution in [0.1, 0.15) is 28.7 Å². The van der Waals surface area contributed by atoms with E-state index >= 15 is 0 Å². The molecule has 2 aromatic carbocycles. The second-order valence-corrected chi connectivity index (χ2v) is 8.18. The zero-order valence-electron chi connectivity index (χ0n) is 15.4. The summed E-state index contributed by atoms with van der Waals surface area (Å²) in [7, 11) is 0. The second-order valence-electron chi connectivity index (χ2n) is 6.72. The Hall–Kier alpha value is -1.98. The van der Waals surface area contributed by atoms with Gasteiger partial charge in [-0.1, -0.05) is 23.7 Å². The van der Waals surface area contributed by atoms with Crippen LogP contribution in [-0.2, 0) is 27.2 Å². The number of anilines is 1. The summed E-state index contributed by atoms with van der Waals surface area (Å²) in [5.74, 6) is -0.641. The number of esters is 1. The number of rotatable bonds is 6. The number of ether oxygens (including phenoxy) is 1. The van der Waals surface area contributed by atoms with Gasteiger partial charge in [-0.3, -0.25) is 9.59 Å². The molecule has 0 unspecified atom stereocenters. The number of benzene rings is 2. The molecule has 1 aliphatic carbocycles.